The molecule has 154 valence electrons. The number of hydrazone groups is 1. The number of hydrogen-bond acceptors (Lipinski definition) is 8. The number of hydrogen-bond donors (Lipinski definition) is 2. The van der Waals surface area contributed by atoms with Gasteiger partial charge in [-0.2, -0.15) is 20.1 Å². The molecular formula is C21H22BrN7O. The molecular weight excluding hydrogens is 446 g/mol. The van der Waals surface area contributed by atoms with Crippen molar-refractivity contribution < 1.29 is 4.74 Å². The number of morpholine rings is 1. The number of aromatic nitrogens is 3. The van der Waals surface area contributed by atoms with Crippen LogP contribution < -0.4 is 15.6 Å². The minimum absolute atomic E-state index is 0.370. The number of benzene rings is 2. The maximum absolute atomic E-state index is 5.44. The SMILES string of the molecule is Cc1ccc(Nc2nc(NN=Cc3ccc(Br)cc3)nc(N3CCOCC3)n2)cc1. The molecule has 0 aliphatic carbocycles. The molecule has 8 nitrogen and oxygen atoms in total. The van der Waals surface area contributed by atoms with Crippen LogP contribution in [0, 0.1) is 6.92 Å². The average molecular weight is 468 g/mol. The summed E-state index contributed by atoms with van der Waals surface area (Å²) in [7, 11) is 0. The molecule has 0 radical (unpaired) electrons. The maximum atomic E-state index is 5.44. The fourth-order valence-corrected chi connectivity index (χ4v) is 3.12. The van der Waals surface area contributed by atoms with Gasteiger partial charge in [-0.3, -0.25) is 0 Å². The van der Waals surface area contributed by atoms with Crippen LogP contribution in [0.4, 0.5) is 23.5 Å². The number of aryl methyl sites for hydroxylation is 1. The number of anilines is 4. The fourth-order valence-electron chi connectivity index (χ4n) is 2.85. The molecule has 0 saturated carbocycles. The minimum atomic E-state index is 0.370. The van der Waals surface area contributed by atoms with Crippen LogP contribution in [0.2, 0.25) is 0 Å². The lowest BCUT2D eigenvalue weighted by Crippen LogP contribution is -2.37. The Morgan fingerprint density at radius 1 is 0.967 bits per heavy atom. The fraction of sp³-hybridized carbons (Fsp3) is 0.238. The smallest absolute Gasteiger partial charge is 0.250 e. The van der Waals surface area contributed by atoms with Crippen LogP contribution in [0.3, 0.4) is 0 Å². The van der Waals surface area contributed by atoms with E-state index in [1.54, 1.807) is 6.21 Å². The van der Waals surface area contributed by atoms with Crippen LogP contribution in [-0.4, -0.2) is 47.5 Å². The van der Waals surface area contributed by atoms with Gasteiger partial charge < -0.3 is 15.0 Å². The lowest BCUT2D eigenvalue weighted by molar-refractivity contribution is 0.122. The third-order valence-electron chi connectivity index (χ3n) is 4.47. The lowest BCUT2D eigenvalue weighted by atomic mass is 10.2. The van der Waals surface area contributed by atoms with Gasteiger partial charge in [0.25, 0.3) is 0 Å². The second kappa shape index (κ2) is 9.64. The highest BCUT2D eigenvalue weighted by Gasteiger charge is 2.16. The van der Waals surface area contributed by atoms with Crippen molar-refractivity contribution in [3.8, 4) is 0 Å². The van der Waals surface area contributed by atoms with Gasteiger partial charge in [-0.05, 0) is 36.8 Å². The molecule has 3 aromatic rings. The predicted molar refractivity (Wildman–Crippen MR) is 123 cm³/mol. The zero-order valence-electron chi connectivity index (χ0n) is 16.5. The summed E-state index contributed by atoms with van der Waals surface area (Å²) < 4.78 is 6.46. The quantitative estimate of drug-likeness (QED) is 0.418. The highest BCUT2D eigenvalue weighted by molar-refractivity contribution is 9.10. The minimum Gasteiger partial charge on any atom is -0.378 e. The summed E-state index contributed by atoms with van der Waals surface area (Å²) in [5, 5.41) is 7.52. The molecule has 0 bridgehead atoms. The van der Waals surface area contributed by atoms with E-state index in [0.717, 1.165) is 28.8 Å². The van der Waals surface area contributed by atoms with E-state index in [4.69, 9.17) is 4.74 Å². The first-order valence-electron chi connectivity index (χ1n) is 9.63. The van der Waals surface area contributed by atoms with E-state index in [1.165, 1.54) is 5.56 Å². The van der Waals surface area contributed by atoms with Gasteiger partial charge in [0, 0.05) is 23.2 Å². The van der Waals surface area contributed by atoms with E-state index in [1.807, 2.05) is 48.5 Å². The Kier molecular flexibility index (Phi) is 6.50. The van der Waals surface area contributed by atoms with E-state index in [2.05, 4.69) is 58.5 Å². The van der Waals surface area contributed by atoms with E-state index >= 15 is 0 Å². The molecule has 1 saturated heterocycles. The number of nitrogens with one attached hydrogen (secondary N) is 2. The molecule has 9 heteroatoms. The van der Waals surface area contributed by atoms with E-state index < -0.39 is 0 Å². The van der Waals surface area contributed by atoms with Crippen molar-refractivity contribution in [1.29, 1.82) is 0 Å². The third kappa shape index (κ3) is 5.52. The van der Waals surface area contributed by atoms with E-state index in [9.17, 15) is 0 Å². The van der Waals surface area contributed by atoms with Gasteiger partial charge in [0.2, 0.25) is 17.8 Å². The molecule has 2 heterocycles. The monoisotopic (exact) mass is 467 g/mol. The lowest BCUT2D eigenvalue weighted by Gasteiger charge is -2.27. The van der Waals surface area contributed by atoms with Crippen LogP contribution in [-0.2, 0) is 4.74 Å². The molecule has 0 atom stereocenters. The first kappa shape index (κ1) is 20.2. The zero-order valence-corrected chi connectivity index (χ0v) is 18.1. The van der Waals surface area contributed by atoms with Crippen molar-refractivity contribution in [3.63, 3.8) is 0 Å². The van der Waals surface area contributed by atoms with Gasteiger partial charge in [0.05, 0.1) is 19.4 Å². The van der Waals surface area contributed by atoms with Crippen LogP contribution in [0.15, 0.2) is 58.1 Å². The van der Waals surface area contributed by atoms with Gasteiger partial charge in [-0.15, -0.1) is 0 Å². The average Bonchev–Trinajstić information content (AvgIpc) is 2.77. The Bertz CT molecular complexity index is 1000. The predicted octanol–water partition coefficient (Wildman–Crippen LogP) is 3.97. The second-order valence-electron chi connectivity index (χ2n) is 6.79. The molecule has 2 N–H and O–H groups in total. The Hall–Kier alpha value is -3.04. The number of halogens is 1. The summed E-state index contributed by atoms with van der Waals surface area (Å²) in [5.74, 6) is 1.41. The highest BCUT2D eigenvalue weighted by Crippen LogP contribution is 2.19. The summed E-state index contributed by atoms with van der Waals surface area (Å²) in [6.07, 6.45) is 1.72. The molecule has 1 aliphatic rings. The first-order valence-corrected chi connectivity index (χ1v) is 10.4. The molecule has 0 amide bonds. The molecule has 2 aromatic carbocycles. The molecule has 4 rings (SSSR count). The Morgan fingerprint density at radius 3 is 2.40 bits per heavy atom. The van der Waals surface area contributed by atoms with Gasteiger partial charge >= 0.3 is 0 Å². The Labute approximate surface area is 183 Å². The summed E-state index contributed by atoms with van der Waals surface area (Å²) in [5.41, 5.74) is 5.98. The molecule has 30 heavy (non-hydrogen) atoms. The summed E-state index contributed by atoms with van der Waals surface area (Å²) in [4.78, 5) is 15.7. The summed E-state index contributed by atoms with van der Waals surface area (Å²) in [6, 6.07) is 15.9. The maximum Gasteiger partial charge on any atom is 0.250 e. The Morgan fingerprint density at radius 2 is 1.67 bits per heavy atom. The molecule has 1 fully saturated rings. The van der Waals surface area contributed by atoms with E-state index in [-0.39, 0.29) is 0 Å². The van der Waals surface area contributed by atoms with Crippen molar-refractivity contribution in [3.05, 3.63) is 64.1 Å². The number of ether oxygens (including phenoxy) is 1. The van der Waals surface area contributed by atoms with Crippen molar-refractivity contribution in [2.75, 3.05) is 41.9 Å². The van der Waals surface area contributed by atoms with Crippen molar-refractivity contribution in [1.82, 2.24) is 15.0 Å². The van der Waals surface area contributed by atoms with Crippen LogP contribution in [0.25, 0.3) is 0 Å². The van der Waals surface area contributed by atoms with Crippen LogP contribution >= 0.6 is 15.9 Å². The summed E-state index contributed by atoms with van der Waals surface area (Å²) in [6.45, 7) is 4.81. The standard InChI is InChI=1S/C21H22BrN7O/c1-15-2-8-18(9-3-15)24-19-25-20(27-21(26-19)29-10-12-30-13-11-29)28-23-14-16-4-6-17(22)7-5-16/h2-9,14H,10-13H2,1H3,(H2,24,25,26,27,28). The molecule has 1 aromatic heterocycles. The van der Waals surface area contributed by atoms with Gasteiger partial charge in [-0.1, -0.05) is 45.8 Å². The Balaban J connectivity index is 1.55. The topological polar surface area (TPSA) is 87.6 Å². The first-order chi connectivity index (χ1) is 14.7. The number of rotatable bonds is 6. The largest absolute Gasteiger partial charge is 0.378 e. The van der Waals surface area contributed by atoms with Crippen LogP contribution in [0.5, 0.6) is 0 Å². The van der Waals surface area contributed by atoms with Gasteiger partial charge in [0.15, 0.2) is 0 Å². The van der Waals surface area contributed by atoms with E-state index in [0.29, 0.717) is 31.1 Å². The molecule has 0 unspecified atom stereocenters. The molecule has 0 spiro atoms. The molecule has 1 aliphatic heterocycles. The summed E-state index contributed by atoms with van der Waals surface area (Å²) >= 11 is 3.43. The number of nitrogens with zero attached hydrogens (tertiary/aromatic N) is 5. The third-order valence-corrected chi connectivity index (χ3v) is 5.00. The zero-order chi connectivity index (χ0) is 20.8. The van der Waals surface area contributed by atoms with Crippen molar-refractivity contribution >= 4 is 45.7 Å². The second-order valence-corrected chi connectivity index (χ2v) is 7.71. The normalized spacial score (nSPS) is 14.1. The van der Waals surface area contributed by atoms with Gasteiger partial charge in [0.1, 0.15) is 0 Å². The van der Waals surface area contributed by atoms with Gasteiger partial charge in [-0.25, -0.2) is 5.43 Å². The van der Waals surface area contributed by atoms with Crippen molar-refractivity contribution in [2.45, 2.75) is 6.92 Å². The highest BCUT2D eigenvalue weighted by atomic mass is 79.9. The van der Waals surface area contributed by atoms with Crippen molar-refractivity contribution in [2.24, 2.45) is 5.10 Å². The van der Waals surface area contributed by atoms with Crippen LogP contribution in [0.1, 0.15) is 11.1 Å².